The molecule has 3 rings (SSSR count). The number of rotatable bonds is 8. The van der Waals surface area contributed by atoms with Crippen LogP contribution < -0.4 is 10.1 Å². The Balaban J connectivity index is 1.49. The van der Waals surface area contributed by atoms with Crippen LogP contribution in [0.25, 0.3) is 16.8 Å². The molecule has 0 atom stereocenters. The van der Waals surface area contributed by atoms with Gasteiger partial charge in [0.05, 0.1) is 13.7 Å². The van der Waals surface area contributed by atoms with Gasteiger partial charge in [0.1, 0.15) is 5.75 Å². The zero-order valence-electron chi connectivity index (χ0n) is 17.9. The molecule has 6 heteroatoms. The van der Waals surface area contributed by atoms with E-state index in [1.165, 1.54) is 0 Å². The summed E-state index contributed by atoms with van der Waals surface area (Å²) in [4.78, 5) is 28.4. The van der Waals surface area contributed by atoms with Gasteiger partial charge in [-0.3, -0.25) is 14.5 Å². The van der Waals surface area contributed by atoms with E-state index in [9.17, 15) is 9.59 Å². The molecule has 0 unspecified atom stereocenters. The third-order valence-electron chi connectivity index (χ3n) is 5.39. The molecule has 1 aliphatic heterocycles. The number of carbonyl (C=O) groups is 2. The van der Waals surface area contributed by atoms with Gasteiger partial charge in [0.2, 0.25) is 11.8 Å². The Hall–Kier alpha value is -2.86. The van der Waals surface area contributed by atoms with Crippen LogP contribution in [0.3, 0.4) is 0 Å². The molecule has 1 N–H and O–H groups in total. The van der Waals surface area contributed by atoms with Crippen molar-refractivity contribution >= 4 is 28.7 Å². The first kappa shape index (κ1) is 21.8. The standard InChI is InChI=1S/C24H31N3O3/c1-3-4-11-25-23(28)18-26-12-14-27(15-13-26)24(29)10-6-19-5-7-21-17-22(30-2)9-8-20(21)16-19/h5-10,16-17H,3-4,11-15,18H2,1-2H3,(H,25,28)/b10-6+. The fraction of sp³-hybridized carbons (Fsp3) is 0.417. The van der Waals surface area contributed by atoms with Gasteiger partial charge in [0.15, 0.2) is 0 Å². The molecule has 0 spiro atoms. The van der Waals surface area contributed by atoms with Crippen molar-refractivity contribution in [2.24, 2.45) is 0 Å². The van der Waals surface area contributed by atoms with Gasteiger partial charge in [-0.05, 0) is 47.0 Å². The smallest absolute Gasteiger partial charge is 0.246 e. The van der Waals surface area contributed by atoms with E-state index in [1.807, 2.05) is 41.3 Å². The minimum atomic E-state index is 0.0110. The van der Waals surface area contributed by atoms with Gasteiger partial charge >= 0.3 is 0 Å². The Morgan fingerprint density at radius 1 is 1.07 bits per heavy atom. The fourth-order valence-corrected chi connectivity index (χ4v) is 3.54. The summed E-state index contributed by atoms with van der Waals surface area (Å²) in [5.41, 5.74) is 0.989. The van der Waals surface area contributed by atoms with Crippen molar-refractivity contribution in [3.8, 4) is 5.75 Å². The van der Waals surface area contributed by atoms with Crippen LogP contribution in [0.5, 0.6) is 5.75 Å². The van der Waals surface area contributed by atoms with Crippen molar-refractivity contribution in [2.45, 2.75) is 19.8 Å². The SMILES string of the molecule is CCCCNC(=O)CN1CCN(C(=O)/C=C/c2ccc3cc(OC)ccc3c2)CC1. The van der Waals surface area contributed by atoms with Crippen LogP contribution in [0.2, 0.25) is 0 Å². The van der Waals surface area contributed by atoms with E-state index in [0.717, 1.165) is 54.6 Å². The molecule has 0 bridgehead atoms. The first-order valence-corrected chi connectivity index (χ1v) is 10.6. The Morgan fingerprint density at radius 3 is 2.53 bits per heavy atom. The molecule has 0 saturated carbocycles. The van der Waals surface area contributed by atoms with E-state index in [4.69, 9.17) is 4.74 Å². The molecule has 0 radical (unpaired) electrons. The number of piperazine rings is 1. The number of methoxy groups -OCH3 is 1. The molecular formula is C24H31N3O3. The first-order chi connectivity index (χ1) is 14.6. The van der Waals surface area contributed by atoms with Crippen LogP contribution in [0, 0.1) is 0 Å². The number of nitrogens with zero attached hydrogens (tertiary/aromatic N) is 2. The van der Waals surface area contributed by atoms with Crippen molar-refractivity contribution in [2.75, 3.05) is 46.4 Å². The van der Waals surface area contributed by atoms with Crippen LogP contribution in [-0.2, 0) is 9.59 Å². The predicted molar refractivity (Wildman–Crippen MR) is 120 cm³/mol. The molecule has 2 aromatic rings. The first-order valence-electron chi connectivity index (χ1n) is 10.6. The average Bonchev–Trinajstić information content (AvgIpc) is 2.77. The van der Waals surface area contributed by atoms with Crippen molar-refractivity contribution in [3.63, 3.8) is 0 Å². The second kappa shape index (κ2) is 10.8. The second-order valence-corrected chi connectivity index (χ2v) is 7.61. The summed E-state index contributed by atoms with van der Waals surface area (Å²) >= 11 is 0. The Kier molecular flexibility index (Phi) is 7.85. The van der Waals surface area contributed by atoms with E-state index in [0.29, 0.717) is 19.6 Å². The number of fused-ring (bicyclic) bond motifs is 1. The molecule has 0 aliphatic carbocycles. The summed E-state index contributed by atoms with van der Waals surface area (Å²) in [7, 11) is 1.66. The van der Waals surface area contributed by atoms with Crippen LogP contribution in [0.1, 0.15) is 25.3 Å². The minimum Gasteiger partial charge on any atom is -0.497 e. The number of nitrogens with one attached hydrogen (secondary N) is 1. The molecular weight excluding hydrogens is 378 g/mol. The van der Waals surface area contributed by atoms with Crippen molar-refractivity contribution in [1.29, 1.82) is 0 Å². The largest absolute Gasteiger partial charge is 0.497 e. The maximum absolute atomic E-state index is 12.5. The lowest BCUT2D eigenvalue weighted by Crippen LogP contribution is -2.50. The summed E-state index contributed by atoms with van der Waals surface area (Å²) in [5.74, 6) is 0.910. The highest BCUT2D eigenvalue weighted by Crippen LogP contribution is 2.22. The molecule has 1 aliphatic rings. The number of amides is 2. The minimum absolute atomic E-state index is 0.0110. The zero-order chi connectivity index (χ0) is 21.3. The molecule has 2 amide bonds. The van der Waals surface area contributed by atoms with Crippen molar-refractivity contribution in [1.82, 2.24) is 15.1 Å². The van der Waals surface area contributed by atoms with Crippen LogP contribution >= 0.6 is 0 Å². The number of benzene rings is 2. The third kappa shape index (κ3) is 6.07. The highest BCUT2D eigenvalue weighted by molar-refractivity contribution is 5.93. The zero-order valence-corrected chi connectivity index (χ0v) is 17.9. The Bertz CT molecular complexity index is 902. The molecule has 160 valence electrons. The average molecular weight is 410 g/mol. The summed E-state index contributed by atoms with van der Waals surface area (Å²) in [6, 6.07) is 12.0. The van der Waals surface area contributed by atoms with Gasteiger partial charge in [-0.2, -0.15) is 0 Å². The van der Waals surface area contributed by atoms with Crippen LogP contribution in [-0.4, -0.2) is 68.0 Å². The van der Waals surface area contributed by atoms with E-state index in [-0.39, 0.29) is 11.8 Å². The lowest BCUT2D eigenvalue weighted by molar-refractivity contribution is -0.128. The summed E-state index contributed by atoms with van der Waals surface area (Å²) in [5, 5.41) is 5.15. The monoisotopic (exact) mass is 409 g/mol. The number of carbonyl (C=O) groups excluding carboxylic acids is 2. The maximum atomic E-state index is 12.5. The van der Waals surface area contributed by atoms with Gasteiger partial charge in [-0.1, -0.05) is 31.5 Å². The quantitative estimate of drug-likeness (QED) is 0.538. The normalized spacial score (nSPS) is 14.9. The predicted octanol–water partition coefficient (Wildman–Crippen LogP) is 2.92. The Labute approximate surface area is 178 Å². The molecule has 1 fully saturated rings. The van der Waals surface area contributed by atoms with Gasteiger partial charge in [0, 0.05) is 38.8 Å². The topological polar surface area (TPSA) is 61.9 Å². The highest BCUT2D eigenvalue weighted by Gasteiger charge is 2.21. The van der Waals surface area contributed by atoms with Crippen LogP contribution in [0.15, 0.2) is 42.5 Å². The third-order valence-corrected chi connectivity index (χ3v) is 5.39. The van der Waals surface area contributed by atoms with Gasteiger partial charge in [-0.25, -0.2) is 0 Å². The molecule has 6 nitrogen and oxygen atoms in total. The number of hydrogen-bond acceptors (Lipinski definition) is 4. The summed E-state index contributed by atoms with van der Waals surface area (Å²) in [6.07, 6.45) is 5.58. The molecule has 30 heavy (non-hydrogen) atoms. The van der Waals surface area contributed by atoms with Gasteiger partial charge < -0.3 is 15.0 Å². The maximum Gasteiger partial charge on any atom is 0.246 e. The summed E-state index contributed by atoms with van der Waals surface area (Å²) < 4.78 is 5.26. The number of hydrogen-bond donors (Lipinski definition) is 1. The summed E-state index contributed by atoms with van der Waals surface area (Å²) in [6.45, 7) is 5.97. The van der Waals surface area contributed by atoms with Crippen LogP contribution in [0.4, 0.5) is 0 Å². The lowest BCUT2D eigenvalue weighted by atomic mass is 10.1. The number of ether oxygens (including phenoxy) is 1. The highest BCUT2D eigenvalue weighted by atomic mass is 16.5. The fourth-order valence-electron chi connectivity index (χ4n) is 3.54. The van der Waals surface area contributed by atoms with E-state index in [1.54, 1.807) is 13.2 Å². The lowest BCUT2D eigenvalue weighted by Gasteiger charge is -2.33. The molecule has 1 heterocycles. The van der Waals surface area contributed by atoms with E-state index < -0.39 is 0 Å². The molecule has 2 aromatic carbocycles. The van der Waals surface area contributed by atoms with Crippen molar-refractivity contribution in [3.05, 3.63) is 48.0 Å². The number of unbranched alkanes of at least 4 members (excludes halogenated alkanes) is 1. The van der Waals surface area contributed by atoms with E-state index in [2.05, 4.69) is 23.2 Å². The Morgan fingerprint density at radius 2 is 1.80 bits per heavy atom. The van der Waals surface area contributed by atoms with E-state index >= 15 is 0 Å². The van der Waals surface area contributed by atoms with Gasteiger partial charge in [-0.15, -0.1) is 0 Å². The molecule has 1 saturated heterocycles. The molecule has 0 aromatic heterocycles. The van der Waals surface area contributed by atoms with Crippen molar-refractivity contribution < 1.29 is 14.3 Å². The van der Waals surface area contributed by atoms with Gasteiger partial charge in [0.25, 0.3) is 0 Å². The second-order valence-electron chi connectivity index (χ2n) is 7.61.